The summed E-state index contributed by atoms with van der Waals surface area (Å²) in [6.07, 6.45) is 1.74. The van der Waals surface area contributed by atoms with Gasteiger partial charge in [-0.3, -0.25) is 9.89 Å². The average Bonchev–Trinajstić information content (AvgIpc) is 3.25. The van der Waals surface area contributed by atoms with Crippen LogP contribution in [0.5, 0.6) is 5.75 Å². The van der Waals surface area contributed by atoms with Crippen LogP contribution in [0.1, 0.15) is 5.56 Å². The SMILES string of the molecule is C=c1[nH]n(-c2nc(-c3ccccc3)cs2)c(=O)c1=Cc1ccc(O)cc1. The first-order chi connectivity index (χ1) is 12.6. The van der Waals surface area contributed by atoms with E-state index in [1.165, 1.54) is 16.0 Å². The lowest BCUT2D eigenvalue weighted by atomic mass is 10.2. The predicted molar refractivity (Wildman–Crippen MR) is 104 cm³/mol. The van der Waals surface area contributed by atoms with Crippen molar-refractivity contribution in [1.29, 1.82) is 0 Å². The van der Waals surface area contributed by atoms with Gasteiger partial charge in [-0.15, -0.1) is 11.3 Å². The van der Waals surface area contributed by atoms with Crippen LogP contribution in [0.3, 0.4) is 0 Å². The molecule has 0 amide bonds. The maximum atomic E-state index is 12.8. The third-order valence-electron chi connectivity index (χ3n) is 3.96. The lowest BCUT2D eigenvalue weighted by Gasteiger charge is -1.95. The summed E-state index contributed by atoms with van der Waals surface area (Å²) in [6, 6.07) is 16.4. The van der Waals surface area contributed by atoms with Crippen LogP contribution in [0.15, 0.2) is 64.8 Å². The highest BCUT2D eigenvalue weighted by Crippen LogP contribution is 2.22. The monoisotopic (exact) mass is 361 g/mol. The summed E-state index contributed by atoms with van der Waals surface area (Å²) < 4.78 is 1.41. The lowest BCUT2D eigenvalue weighted by Crippen LogP contribution is -2.33. The van der Waals surface area contributed by atoms with Crippen molar-refractivity contribution in [2.24, 2.45) is 0 Å². The Hall–Kier alpha value is -3.38. The van der Waals surface area contributed by atoms with Crippen molar-refractivity contribution in [1.82, 2.24) is 14.8 Å². The molecular formula is C20H15N3O2S. The number of hydrogen-bond acceptors (Lipinski definition) is 4. The molecule has 0 radical (unpaired) electrons. The number of aromatic nitrogens is 3. The van der Waals surface area contributed by atoms with Crippen LogP contribution in [0, 0.1) is 0 Å². The van der Waals surface area contributed by atoms with Gasteiger partial charge in [0.15, 0.2) is 0 Å². The molecule has 2 heterocycles. The number of benzene rings is 2. The molecule has 0 unspecified atom stereocenters. The molecule has 2 N–H and O–H groups in total. The van der Waals surface area contributed by atoms with E-state index in [9.17, 15) is 9.90 Å². The minimum Gasteiger partial charge on any atom is -0.508 e. The molecule has 6 heteroatoms. The lowest BCUT2D eigenvalue weighted by molar-refractivity contribution is 0.475. The van der Waals surface area contributed by atoms with Crippen LogP contribution in [-0.2, 0) is 0 Å². The fourth-order valence-corrected chi connectivity index (χ4v) is 3.42. The number of nitrogens with one attached hydrogen (secondary N) is 1. The molecule has 5 nitrogen and oxygen atoms in total. The minimum atomic E-state index is -0.211. The number of phenolic OH excluding ortho intramolecular Hbond substituents is 1. The average molecular weight is 361 g/mol. The Morgan fingerprint density at radius 2 is 1.85 bits per heavy atom. The number of H-pyrrole nitrogens is 1. The zero-order valence-electron chi connectivity index (χ0n) is 13.7. The van der Waals surface area contributed by atoms with E-state index in [-0.39, 0.29) is 11.3 Å². The van der Waals surface area contributed by atoms with Gasteiger partial charge in [-0.25, -0.2) is 4.98 Å². The summed E-state index contributed by atoms with van der Waals surface area (Å²) in [4.78, 5) is 17.3. The molecule has 2 aromatic carbocycles. The van der Waals surface area contributed by atoms with Gasteiger partial charge in [0.2, 0.25) is 5.13 Å². The van der Waals surface area contributed by atoms with Crippen molar-refractivity contribution < 1.29 is 5.11 Å². The third kappa shape index (κ3) is 2.98. The smallest absolute Gasteiger partial charge is 0.281 e. The van der Waals surface area contributed by atoms with Crippen molar-refractivity contribution in [2.75, 3.05) is 0 Å². The highest BCUT2D eigenvalue weighted by molar-refractivity contribution is 7.12. The molecule has 0 bridgehead atoms. The Bertz CT molecular complexity index is 1220. The molecule has 0 aliphatic rings. The molecule has 4 aromatic rings. The molecule has 0 fully saturated rings. The standard InChI is InChI=1S/C20H15N3O2S/c1-13-17(11-14-7-9-16(24)10-8-14)19(25)23(22-13)20-21-18(12-26-20)15-5-3-2-4-6-15/h2-12,22,24H,1H2. The van der Waals surface area contributed by atoms with E-state index in [1.807, 2.05) is 35.7 Å². The van der Waals surface area contributed by atoms with E-state index in [4.69, 9.17) is 0 Å². The Morgan fingerprint density at radius 3 is 2.58 bits per heavy atom. The van der Waals surface area contributed by atoms with Gasteiger partial charge in [0.25, 0.3) is 5.56 Å². The normalized spacial score (nSPS) is 11.8. The van der Waals surface area contributed by atoms with E-state index >= 15 is 0 Å². The van der Waals surface area contributed by atoms with Crippen LogP contribution in [0.25, 0.3) is 29.0 Å². The summed E-state index contributed by atoms with van der Waals surface area (Å²) in [7, 11) is 0. The van der Waals surface area contributed by atoms with Crippen molar-refractivity contribution >= 4 is 24.0 Å². The number of aromatic hydroxyl groups is 1. The quantitative estimate of drug-likeness (QED) is 0.588. The number of phenols is 1. The number of aromatic amines is 1. The van der Waals surface area contributed by atoms with Gasteiger partial charge in [0.1, 0.15) is 5.75 Å². The molecule has 0 saturated carbocycles. The molecule has 0 aliphatic heterocycles. The van der Waals surface area contributed by atoms with Crippen molar-refractivity contribution in [3.05, 3.63) is 86.5 Å². The fraction of sp³-hybridized carbons (Fsp3) is 0. The van der Waals surface area contributed by atoms with Gasteiger partial charge in [0.05, 0.1) is 16.3 Å². The molecular weight excluding hydrogens is 346 g/mol. The van der Waals surface area contributed by atoms with Gasteiger partial charge in [-0.1, -0.05) is 49.0 Å². The first kappa shape index (κ1) is 16.1. The molecule has 0 aliphatic carbocycles. The van der Waals surface area contributed by atoms with E-state index in [0.29, 0.717) is 15.7 Å². The predicted octanol–water partition coefficient (Wildman–Crippen LogP) is 2.23. The van der Waals surface area contributed by atoms with E-state index in [2.05, 4.69) is 16.7 Å². The second-order valence-corrected chi connectivity index (χ2v) is 6.60. The molecule has 26 heavy (non-hydrogen) atoms. The minimum absolute atomic E-state index is 0.180. The van der Waals surface area contributed by atoms with Gasteiger partial charge in [-0.2, -0.15) is 4.68 Å². The van der Waals surface area contributed by atoms with Gasteiger partial charge in [0, 0.05) is 10.9 Å². The molecule has 0 saturated heterocycles. The second-order valence-electron chi connectivity index (χ2n) is 5.76. The van der Waals surface area contributed by atoms with Crippen LogP contribution < -0.4 is 16.1 Å². The summed E-state index contributed by atoms with van der Waals surface area (Å²) >= 11 is 1.39. The van der Waals surface area contributed by atoms with Crippen molar-refractivity contribution in [2.45, 2.75) is 0 Å². The van der Waals surface area contributed by atoms with Crippen molar-refractivity contribution in [3.63, 3.8) is 0 Å². The summed E-state index contributed by atoms with van der Waals surface area (Å²) in [6.45, 7) is 3.93. The Kier molecular flexibility index (Phi) is 4.02. The van der Waals surface area contributed by atoms with Crippen LogP contribution in [-0.4, -0.2) is 19.9 Å². The molecule has 4 rings (SSSR count). The van der Waals surface area contributed by atoms with E-state index in [1.54, 1.807) is 30.3 Å². The molecule has 0 atom stereocenters. The summed E-state index contributed by atoms with van der Waals surface area (Å²) in [5.74, 6) is 0.180. The Balaban J connectivity index is 1.78. The summed E-state index contributed by atoms with van der Waals surface area (Å²) in [5, 5.41) is 15.8. The number of thiazole rings is 1. The van der Waals surface area contributed by atoms with Crippen LogP contribution in [0.4, 0.5) is 0 Å². The van der Waals surface area contributed by atoms with Gasteiger partial charge >= 0.3 is 0 Å². The highest BCUT2D eigenvalue weighted by Gasteiger charge is 2.10. The van der Waals surface area contributed by atoms with Crippen molar-refractivity contribution in [3.8, 4) is 22.1 Å². The Morgan fingerprint density at radius 1 is 1.12 bits per heavy atom. The maximum absolute atomic E-state index is 12.8. The van der Waals surface area contributed by atoms with Crippen LogP contribution >= 0.6 is 11.3 Å². The highest BCUT2D eigenvalue weighted by atomic mass is 32.1. The fourth-order valence-electron chi connectivity index (χ4n) is 2.62. The first-order valence-corrected chi connectivity index (χ1v) is 8.82. The topological polar surface area (TPSA) is 70.9 Å². The zero-order valence-corrected chi connectivity index (χ0v) is 14.5. The van der Waals surface area contributed by atoms with E-state index < -0.39 is 0 Å². The third-order valence-corrected chi connectivity index (χ3v) is 4.79. The Labute approximate surface area is 152 Å². The van der Waals surface area contributed by atoms with Gasteiger partial charge in [-0.05, 0) is 23.8 Å². The first-order valence-electron chi connectivity index (χ1n) is 7.94. The number of rotatable bonds is 3. The van der Waals surface area contributed by atoms with Crippen LogP contribution in [0.2, 0.25) is 0 Å². The molecule has 2 aromatic heterocycles. The largest absolute Gasteiger partial charge is 0.508 e. The summed E-state index contributed by atoms with van der Waals surface area (Å²) in [5.41, 5.74) is 2.42. The zero-order chi connectivity index (χ0) is 18.1. The number of hydrogen-bond donors (Lipinski definition) is 2. The van der Waals surface area contributed by atoms with E-state index in [0.717, 1.165) is 16.8 Å². The van der Waals surface area contributed by atoms with Gasteiger partial charge < -0.3 is 5.11 Å². The molecule has 128 valence electrons. The number of nitrogens with zero attached hydrogens (tertiary/aromatic N) is 2. The molecule has 0 spiro atoms. The second kappa shape index (κ2) is 6.50. The maximum Gasteiger partial charge on any atom is 0.281 e.